The molecule has 0 N–H and O–H groups in total. The molecule has 1 aromatic heterocycles. The van der Waals surface area contributed by atoms with Gasteiger partial charge in [0, 0.05) is 10.9 Å². The molecule has 0 aliphatic carbocycles. The van der Waals surface area contributed by atoms with E-state index in [-0.39, 0.29) is 5.97 Å². The van der Waals surface area contributed by atoms with Crippen molar-refractivity contribution in [3.63, 3.8) is 0 Å². The Hall–Kier alpha value is -3.66. The van der Waals surface area contributed by atoms with Gasteiger partial charge in [0.2, 0.25) is 0 Å². The van der Waals surface area contributed by atoms with E-state index in [2.05, 4.69) is 13.0 Å². The smallest absolute Gasteiger partial charge is 0.339 e. The molecule has 0 atom stereocenters. The van der Waals surface area contributed by atoms with Crippen molar-refractivity contribution in [2.75, 3.05) is 6.61 Å². The number of pyridine rings is 1. The number of esters is 1. The number of carbonyl (C=O) groups excluding carboxylic acids is 1. The highest BCUT2D eigenvalue weighted by Crippen LogP contribution is 2.33. The van der Waals surface area contributed by atoms with E-state index in [1.54, 1.807) is 0 Å². The molecule has 4 aromatic rings. The maximum Gasteiger partial charge on any atom is 0.339 e. The minimum absolute atomic E-state index is 0.285. The summed E-state index contributed by atoms with van der Waals surface area (Å²) in [4.78, 5) is 18.2. The van der Waals surface area contributed by atoms with Gasteiger partial charge in [-0.15, -0.1) is 0 Å². The zero-order chi connectivity index (χ0) is 24.1. The highest BCUT2D eigenvalue weighted by molar-refractivity contribution is 6.07. The Labute approximate surface area is 201 Å². The predicted molar refractivity (Wildman–Crippen MR) is 137 cm³/mol. The van der Waals surface area contributed by atoms with Gasteiger partial charge in [-0.3, -0.25) is 0 Å². The third kappa shape index (κ3) is 5.12. The van der Waals surface area contributed by atoms with Crippen LogP contribution >= 0.6 is 0 Å². The summed E-state index contributed by atoms with van der Waals surface area (Å²) in [7, 11) is 0. The number of aryl methyl sites for hydroxylation is 2. The molecule has 0 bridgehead atoms. The fourth-order valence-corrected chi connectivity index (χ4v) is 4.19. The molecule has 3 aromatic carbocycles. The van der Waals surface area contributed by atoms with Gasteiger partial charge in [0.15, 0.2) is 0 Å². The summed E-state index contributed by atoms with van der Waals surface area (Å²) in [6.45, 7) is 9.05. The molecule has 4 nitrogen and oxygen atoms in total. The molecule has 0 spiro atoms. The lowest BCUT2D eigenvalue weighted by Crippen LogP contribution is -2.11. The van der Waals surface area contributed by atoms with Gasteiger partial charge < -0.3 is 9.47 Å². The number of ether oxygens (including phenoxy) is 2. The molecule has 0 aliphatic rings. The Bertz CT molecular complexity index is 1290. The first-order chi connectivity index (χ1) is 16.5. The van der Waals surface area contributed by atoms with Crippen LogP contribution in [0.3, 0.4) is 0 Å². The lowest BCUT2D eigenvalue weighted by molar-refractivity contribution is 0.0501. The first-order valence-electron chi connectivity index (χ1n) is 11.8. The van der Waals surface area contributed by atoms with Gasteiger partial charge in [0.25, 0.3) is 0 Å². The quantitative estimate of drug-likeness (QED) is 0.206. The summed E-state index contributed by atoms with van der Waals surface area (Å²) in [5, 5.41) is 0.850. The standard InChI is InChI=1S/C30H31NO3/c1-5-6-16-33-30(32)27-22(4)29(31-28-21(3)17-20(2)18-26(27)28)24-12-14-25(15-13-24)34-19-23-10-8-7-9-11-23/h7-15,17-18H,5-6,16,19H2,1-4H3. The van der Waals surface area contributed by atoms with Crippen LogP contribution in [-0.4, -0.2) is 17.6 Å². The maximum atomic E-state index is 13.2. The van der Waals surface area contributed by atoms with Gasteiger partial charge in [0.1, 0.15) is 12.4 Å². The van der Waals surface area contributed by atoms with Gasteiger partial charge in [-0.1, -0.05) is 55.3 Å². The molecule has 174 valence electrons. The minimum atomic E-state index is -0.285. The van der Waals surface area contributed by atoms with Crippen molar-refractivity contribution in [1.29, 1.82) is 0 Å². The molecule has 0 fully saturated rings. The van der Waals surface area contributed by atoms with Crippen LogP contribution in [0.2, 0.25) is 0 Å². The average molecular weight is 454 g/mol. The van der Waals surface area contributed by atoms with Crippen LogP contribution in [0.1, 0.15) is 52.4 Å². The van der Waals surface area contributed by atoms with E-state index in [1.165, 1.54) is 0 Å². The van der Waals surface area contributed by atoms with Crippen molar-refractivity contribution < 1.29 is 14.3 Å². The molecular weight excluding hydrogens is 422 g/mol. The molecule has 0 unspecified atom stereocenters. The van der Waals surface area contributed by atoms with Gasteiger partial charge in [-0.25, -0.2) is 9.78 Å². The van der Waals surface area contributed by atoms with Crippen LogP contribution < -0.4 is 4.74 Å². The van der Waals surface area contributed by atoms with Gasteiger partial charge in [-0.05, 0) is 74.2 Å². The molecule has 0 saturated carbocycles. The van der Waals surface area contributed by atoms with Gasteiger partial charge in [-0.2, -0.15) is 0 Å². The van der Waals surface area contributed by atoms with E-state index in [9.17, 15) is 4.79 Å². The van der Waals surface area contributed by atoms with E-state index in [0.29, 0.717) is 18.8 Å². The minimum Gasteiger partial charge on any atom is -0.489 e. The summed E-state index contributed by atoms with van der Waals surface area (Å²) >= 11 is 0. The zero-order valence-corrected chi connectivity index (χ0v) is 20.4. The predicted octanol–water partition coefficient (Wildman–Crippen LogP) is 7.36. The molecule has 4 rings (SSSR count). The molecule has 0 radical (unpaired) electrons. The second kappa shape index (κ2) is 10.5. The van der Waals surface area contributed by atoms with E-state index < -0.39 is 0 Å². The fraction of sp³-hybridized carbons (Fsp3) is 0.267. The van der Waals surface area contributed by atoms with Crippen LogP contribution in [-0.2, 0) is 11.3 Å². The van der Waals surface area contributed by atoms with Crippen molar-refractivity contribution in [2.45, 2.75) is 47.1 Å². The van der Waals surface area contributed by atoms with Crippen molar-refractivity contribution in [2.24, 2.45) is 0 Å². The van der Waals surface area contributed by atoms with Crippen molar-refractivity contribution in [3.05, 3.63) is 94.5 Å². The Morgan fingerprint density at radius 2 is 1.68 bits per heavy atom. The van der Waals surface area contributed by atoms with Crippen LogP contribution in [0.15, 0.2) is 66.7 Å². The summed E-state index contributed by atoms with van der Waals surface area (Å²) in [6.07, 6.45) is 1.83. The number of unbranched alkanes of at least 4 members (excludes halogenated alkanes) is 1. The van der Waals surface area contributed by atoms with Gasteiger partial charge >= 0.3 is 5.97 Å². The number of hydrogen-bond donors (Lipinski definition) is 0. The van der Waals surface area contributed by atoms with E-state index in [0.717, 1.165) is 63.0 Å². The third-order valence-electron chi connectivity index (χ3n) is 5.98. The molecule has 34 heavy (non-hydrogen) atoms. The fourth-order valence-electron chi connectivity index (χ4n) is 4.19. The summed E-state index contributed by atoms with van der Waals surface area (Å²) in [6, 6.07) is 22.1. The molecule has 0 aliphatic heterocycles. The van der Waals surface area contributed by atoms with Gasteiger partial charge in [0.05, 0.1) is 23.4 Å². The van der Waals surface area contributed by atoms with Crippen LogP contribution in [0, 0.1) is 20.8 Å². The van der Waals surface area contributed by atoms with Crippen LogP contribution in [0.4, 0.5) is 0 Å². The number of rotatable bonds is 8. The third-order valence-corrected chi connectivity index (χ3v) is 5.98. The molecule has 0 saturated heterocycles. The summed E-state index contributed by atoms with van der Waals surface area (Å²) in [5.41, 5.74) is 7.26. The molecule has 0 amide bonds. The van der Waals surface area contributed by atoms with Crippen LogP contribution in [0.5, 0.6) is 5.75 Å². The summed E-state index contributed by atoms with van der Waals surface area (Å²) in [5.74, 6) is 0.504. The number of aromatic nitrogens is 1. The first kappa shape index (κ1) is 23.5. The largest absolute Gasteiger partial charge is 0.489 e. The topological polar surface area (TPSA) is 48.4 Å². The lowest BCUT2D eigenvalue weighted by Gasteiger charge is -2.16. The lowest BCUT2D eigenvalue weighted by atomic mass is 9.95. The van der Waals surface area contributed by atoms with Crippen molar-refractivity contribution in [3.8, 4) is 17.0 Å². The first-order valence-corrected chi connectivity index (χ1v) is 11.8. The maximum absolute atomic E-state index is 13.2. The summed E-state index contributed by atoms with van der Waals surface area (Å²) < 4.78 is 11.6. The average Bonchev–Trinajstić information content (AvgIpc) is 2.83. The number of carbonyl (C=O) groups is 1. The highest BCUT2D eigenvalue weighted by atomic mass is 16.5. The number of benzene rings is 3. The Morgan fingerprint density at radius 3 is 2.38 bits per heavy atom. The molecular formula is C30H31NO3. The number of fused-ring (bicyclic) bond motifs is 1. The normalized spacial score (nSPS) is 10.9. The monoisotopic (exact) mass is 453 g/mol. The zero-order valence-electron chi connectivity index (χ0n) is 20.4. The number of hydrogen-bond acceptors (Lipinski definition) is 4. The molecule has 1 heterocycles. The Kier molecular flexibility index (Phi) is 7.27. The second-order valence-electron chi connectivity index (χ2n) is 8.73. The van der Waals surface area contributed by atoms with E-state index in [1.807, 2.05) is 81.4 Å². The SMILES string of the molecule is CCCCOC(=O)c1c(C)c(-c2ccc(OCc3ccccc3)cc2)nc2c(C)cc(C)cc12. The highest BCUT2D eigenvalue weighted by Gasteiger charge is 2.21. The second-order valence-corrected chi connectivity index (χ2v) is 8.73. The van der Waals surface area contributed by atoms with Crippen molar-refractivity contribution >= 4 is 16.9 Å². The van der Waals surface area contributed by atoms with E-state index >= 15 is 0 Å². The van der Waals surface area contributed by atoms with Crippen molar-refractivity contribution in [1.82, 2.24) is 4.98 Å². The molecule has 4 heteroatoms. The van der Waals surface area contributed by atoms with E-state index in [4.69, 9.17) is 14.5 Å². The Morgan fingerprint density at radius 1 is 0.941 bits per heavy atom. The Balaban J connectivity index is 1.70. The number of nitrogens with zero attached hydrogens (tertiary/aromatic N) is 1. The van der Waals surface area contributed by atoms with Crippen LogP contribution in [0.25, 0.3) is 22.2 Å².